The van der Waals surface area contributed by atoms with E-state index in [2.05, 4.69) is 22.2 Å². The van der Waals surface area contributed by atoms with Gasteiger partial charge in [0.2, 0.25) is 0 Å². The summed E-state index contributed by atoms with van der Waals surface area (Å²) in [4.78, 5) is 22.3. The van der Waals surface area contributed by atoms with Crippen molar-refractivity contribution in [2.75, 3.05) is 19.7 Å². The maximum atomic E-state index is 12.2. The van der Waals surface area contributed by atoms with Crippen LogP contribution in [-0.4, -0.2) is 46.2 Å². The van der Waals surface area contributed by atoms with Crippen molar-refractivity contribution in [1.82, 2.24) is 20.2 Å². The number of carbonyl (C=O) groups excluding carboxylic acids is 1. The van der Waals surface area contributed by atoms with Gasteiger partial charge >= 0.3 is 6.03 Å². The summed E-state index contributed by atoms with van der Waals surface area (Å²) in [5, 5.41) is 2.90. The maximum Gasteiger partial charge on any atom is 0.317 e. The number of hydrogen-bond acceptors (Lipinski definition) is 4. The second-order valence-electron chi connectivity index (χ2n) is 5.33. The Labute approximate surface area is 119 Å². The molecule has 1 unspecified atom stereocenters. The van der Waals surface area contributed by atoms with Crippen molar-refractivity contribution in [2.24, 2.45) is 0 Å². The van der Waals surface area contributed by atoms with Crippen molar-refractivity contribution in [1.29, 1.82) is 0 Å². The lowest BCUT2D eigenvalue weighted by Gasteiger charge is -2.39. The molecule has 1 aromatic heterocycles. The minimum Gasteiger partial charge on any atom is -0.372 e. The summed E-state index contributed by atoms with van der Waals surface area (Å²) in [7, 11) is 0. The molecule has 2 amide bonds. The average Bonchev–Trinajstić information content (AvgIpc) is 2.45. The van der Waals surface area contributed by atoms with Gasteiger partial charge in [-0.2, -0.15) is 0 Å². The molecule has 2 heterocycles. The molecule has 1 fully saturated rings. The number of hydrogen-bond donors (Lipinski definition) is 1. The number of carbonyl (C=O) groups is 1. The Balaban J connectivity index is 1.88. The van der Waals surface area contributed by atoms with E-state index in [0.29, 0.717) is 32.1 Å². The lowest BCUT2D eigenvalue weighted by Crippen LogP contribution is -2.54. The van der Waals surface area contributed by atoms with Gasteiger partial charge in [0.25, 0.3) is 0 Å². The van der Waals surface area contributed by atoms with E-state index in [1.54, 1.807) is 11.1 Å². The van der Waals surface area contributed by atoms with Crippen LogP contribution in [0.25, 0.3) is 0 Å². The fraction of sp³-hybridized carbons (Fsp3) is 0.643. The third-order valence-electron chi connectivity index (χ3n) is 3.63. The molecule has 110 valence electrons. The molecule has 2 rings (SSSR count). The van der Waals surface area contributed by atoms with Gasteiger partial charge in [0.05, 0.1) is 31.0 Å². The zero-order chi connectivity index (χ0) is 14.6. The Morgan fingerprint density at radius 3 is 3.10 bits per heavy atom. The van der Waals surface area contributed by atoms with Crippen LogP contribution in [-0.2, 0) is 11.3 Å². The number of urea groups is 1. The number of nitrogens with one attached hydrogen (secondary N) is 1. The highest BCUT2D eigenvalue weighted by Gasteiger charge is 2.32. The molecule has 0 spiro atoms. The van der Waals surface area contributed by atoms with Crippen LogP contribution in [0, 0.1) is 6.92 Å². The summed E-state index contributed by atoms with van der Waals surface area (Å²) in [5.74, 6) is 0.710. The molecule has 1 aliphatic rings. The number of morpholine rings is 1. The zero-order valence-corrected chi connectivity index (χ0v) is 12.3. The summed E-state index contributed by atoms with van der Waals surface area (Å²) < 4.78 is 5.73. The minimum absolute atomic E-state index is 0.0655. The second-order valence-corrected chi connectivity index (χ2v) is 5.33. The number of aryl methyl sites for hydroxylation is 1. The van der Waals surface area contributed by atoms with Crippen LogP contribution in [0.1, 0.15) is 31.8 Å². The molecule has 1 atom stereocenters. The van der Waals surface area contributed by atoms with Crippen molar-refractivity contribution in [3.63, 3.8) is 0 Å². The lowest BCUT2D eigenvalue weighted by molar-refractivity contribution is -0.0872. The second kappa shape index (κ2) is 6.17. The summed E-state index contributed by atoms with van der Waals surface area (Å²) >= 11 is 0. The molecule has 0 bridgehead atoms. The van der Waals surface area contributed by atoms with E-state index < -0.39 is 0 Å². The Morgan fingerprint density at radius 1 is 1.60 bits per heavy atom. The van der Waals surface area contributed by atoms with E-state index in [0.717, 1.165) is 12.1 Å². The van der Waals surface area contributed by atoms with Crippen LogP contribution < -0.4 is 5.32 Å². The third kappa shape index (κ3) is 3.66. The van der Waals surface area contributed by atoms with Crippen LogP contribution in [0.5, 0.6) is 0 Å². The molecule has 0 aromatic carbocycles. The van der Waals surface area contributed by atoms with Crippen LogP contribution >= 0.6 is 0 Å². The molecule has 0 aliphatic carbocycles. The molecular formula is C14H22N4O2. The fourth-order valence-electron chi connectivity index (χ4n) is 2.20. The molecule has 1 saturated heterocycles. The fourth-order valence-corrected chi connectivity index (χ4v) is 2.20. The van der Waals surface area contributed by atoms with E-state index in [9.17, 15) is 4.79 Å². The van der Waals surface area contributed by atoms with Crippen LogP contribution in [0.3, 0.4) is 0 Å². The molecular weight excluding hydrogens is 256 g/mol. The van der Waals surface area contributed by atoms with E-state index in [1.165, 1.54) is 0 Å². The molecule has 1 aromatic rings. The first-order chi connectivity index (χ1) is 9.52. The van der Waals surface area contributed by atoms with Gasteiger partial charge in [-0.05, 0) is 26.3 Å². The lowest BCUT2D eigenvalue weighted by atomic mass is 10.0. The van der Waals surface area contributed by atoms with Gasteiger partial charge in [-0.15, -0.1) is 0 Å². The van der Waals surface area contributed by atoms with Crippen LogP contribution in [0.4, 0.5) is 4.79 Å². The number of nitrogens with zero attached hydrogens (tertiary/aromatic N) is 3. The van der Waals surface area contributed by atoms with Crippen molar-refractivity contribution in [3.8, 4) is 0 Å². The highest BCUT2D eigenvalue weighted by molar-refractivity contribution is 5.74. The summed E-state index contributed by atoms with van der Waals surface area (Å²) in [6, 6.07) is 1.74. The molecule has 1 N–H and O–H groups in total. The molecule has 0 radical (unpaired) electrons. The average molecular weight is 278 g/mol. The Bertz CT molecular complexity index is 480. The molecule has 0 saturated carbocycles. The number of ether oxygens (including phenoxy) is 1. The van der Waals surface area contributed by atoms with Crippen molar-refractivity contribution in [2.45, 2.75) is 39.3 Å². The Morgan fingerprint density at radius 2 is 2.40 bits per heavy atom. The van der Waals surface area contributed by atoms with E-state index in [1.807, 2.05) is 19.9 Å². The molecule has 20 heavy (non-hydrogen) atoms. The summed E-state index contributed by atoms with van der Waals surface area (Å²) in [6.07, 6.45) is 2.59. The minimum atomic E-state index is -0.235. The van der Waals surface area contributed by atoms with Gasteiger partial charge in [-0.1, -0.05) is 6.92 Å². The highest BCUT2D eigenvalue weighted by atomic mass is 16.5. The van der Waals surface area contributed by atoms with Crippen LogP contribution in [0.2, 0.25) is 0 Å². The standard InChI is InChI=1S/C14H22N4O2/c1-4-14(3)10-18(7-8-20-14)13(19)16-9-12-5-6-15-11(2)17-12/h5-6H,4,7-10H2,1-3H3,(H,16,19). The van der Waals surface area contributed by atoms with E-state index in [4.69, 9.17) is 4.74 Å². The van der Waals surface area contributed by atoms with Crippen molar-refractivity contribution >= 4 is 6.03 Å². The number of aromatic nitrogens is 2. The van der Waals surface area contributed by atoms with Gasteiger partial charge in [0, 0.05) is 12.7 Å². The molecule has 6 nitrogen and oxygen atoms in total. The SMILES string of the molecule is CCC1(C)CN(C(=O)NCc2ccnc(C)n2)CCO1. The van der Waals surface area contributed by atoms with Gasteiger partial charge in [-0.25, -0.2) is 14.8 Å². The van der Waals surface area contributed by atoms with Gasteiger partial charge in [0.15, 0.2) is 0 Å². The number of amides is 2. The maximum absolute atomic E-state index is 12.2. The first-order valence-corrected chi connectivity index (χ1v) is 6.98. The smallest absolute Gasteiger partial charge is 0.317 e. The summed E-state index contributed by atoms with van der Waals surface area (Å²) in [5.41, 5.74) is 0.582. The van der Waals surface area contributed by atoms with E-state index >= 15 is 0 Å². The largest absolute Gasteiger partial charge is 0.372 e. The third-order valence-corrected chi connectivity index (χ3v) is 3.63. The normalized spacial score (nSPS) is 22.6. The van der Waals surface area contributed by atoms with E-state index in [-0.39, 0.29) is 11.6 Å². The Kier molecular flexibility index (Phi) is 4.54. The quantitative estimate of drug-likeness (QED) is 0.909. The Hall–Kier alpha value is -1.69. The first kappa shape index (κ1) is 14.7. The topological polar surface area (TPSA) is 67.4 Å². The van der Waals surface area contributed by atoms with Gasteiger partial charge < -0.3 is 15.0 Å². The zero-order valence-electron chi connectivity index (χ0n) is 12.3. The van der Waals surface area contributed by atoms with Crippen LogP contribution in [0.15, 0.2) is 12.3 Å². The van der Waals surface area contributed by atoms with Crippen molar-refractivity contribution in [3.05, 3.63) is 23.8 Å². The monoisotopic (exact) mass is 278 g/mol. The molecule has 1 aliphatic heterocycles. The number of rotatable bonds is 3. The first-order valence-electron chi connectivity index (χ1n) is 6.98. The highest BCUT2D eigenvalue weighted by Crippen LogP contribution is 2.20. The van der Waals surface area contributed by atoms with Crippen molar-refractivity contribution < 1.29 is 9.53 Å². The summed E-state index contributed by atoms with van der Waals surface area (Å²) in [6.45, 7) is 8.21. The molecule has 6 heteroatoms. The predicted octanol–water partition coefficient (Wildman–Crippen LogP) is 1.50. The van der Waals surface area contributed by atoms with Gasteiger partial charge in [0.1, 0.15) is 5.82 Å². The predicted molar refractivity (Wildman–Crippen MR) is 75.2 cm³/mol. The van der Waals surface area contributed by atoms with Gasteiger partial charge in [-0.3, -0.25) is 0 Å².